The highest BCUT2D eigenvalue weighted by Gasteiger charge is 2.28. The highest BCUT2D eigenvalue weighted by molar-refractivity contribution is 5.43. The standard InChI is InChI=1S/C13H19N3O2/c17-12-5-3-4-11(12)16-13(18)8-10(9-14-16)15-6-1-2-7-15/h8-9,11-12,17H,1-7H2/t11-,12-/m0/s1. The Morgan fingerprint density at radius 2 is 2.00 bits per heavy atom. The predicted octanol–water partition coefficient (Wildman–Crippen LogP) is 0.929. The molecule has 2 heterocycles. The van der Waals surface area contributed by atoms with Crippen LogP contribution in [0.4, 0.5) is 5.69 Å². The van der Waals surface area contributed by atoms with Gasteiger partial charge in [-0.3, -0.25) is 4.79 Å². The van der Waals surface area contributed by atoms with Crippen LogP contribution in [0, 0.1) is 0 Å². The van der Waals surface area contributed by atoms with Gasteiger partial charge in [-0.05, 0) is 32.1 Å². The Bertz CT molecular complexity index is 479. The number of aliphatic hydroxyl groups excluding tert-OH is 1. The van der Waals surface area contributed by atoms with E-state index < -0.39 is 6.10 Å². The molecule has 0 radical (unpaired) electrons. The van der Waals surface area contributed by atoms with Crippen LogP contribution in [0.3, 0.4) is 0 Å². The topological polar surface area (TPSA) is 58.4 Å². The first-order chi connectivity index (χ1) is 8.75. The van der Waals surface area contributed by atoms with Crippen molar-refractivity contribution in [3.05, 3.63) is 22.6 Å². The summed E-state index contributed by atoms with van der Waals surface area (Å²) in [6, 6.07) is 1.52. The number of anilines is 1. The van der Waals surface area contributed by atoms with E-state index in [0.717, 1.165) is 38.0 Å². The number of aromatic nitrogens is 2. The quantitative estimate of drug-likeness (QED) is 0.847. The van der Waals surface area contributed by atoms with Crippen molar-refractivity contribution < 1.29 is 5.11 Å². The van der Waals surface area contributed by atoms with E-state index in [2.05, 4.69) is 10.00 Å². The van der Waals surface area contributed by atoms with Gasteiger partial charge in [0.15, 0.2) is 0 Å². The molecule has 0 bridgehead atoms. The van der Waals surface area contributed by atoms with E-state index in [4.69, 9.17) is 0 Å². The van der Waals surface area contributed by atoms with Gasteiger partial charge in [-0.15, -0.1) is 0 Å². The largest absolute Gasteiger partial charge is 0.391 e. The zero-order chi connectivity index (χ0) is 12.5. The number of rotatable bonds is 2. The van der Waals surface area contributed by atoms with Crippen LogP contribution >= 0.6 is 0 Å². The number of aliphatic hydroxyl groups is 1. The van der Waals surface area contributed by atoms with Gasteiger partial charge in [0.25, 0.3) is 5.56 Å². The Labute approximate surface area is 106 Å². The number of hydrogen-bond donors (Lipinski definition) is 1. The van der Waals surface area contributed by atoms with Gasteiger partial charge in [0.1, 0.15) is 0 Å². The minimum absolute atomic E-state index is 0.0923. The van der Waals surface area contributed by atoms with Gasteiger partial charge < -0.3 is 10.0 Å². The van der Waals surface area contributed by atoms with Crippen LogP contribution in [-0.4, -0.2) is 34.1 Å². The number of nitrogens with zero attached hydrogens (tertiary/aromatic N) is 3. The Balaban J connectivity index is 1.87. The normalized spacial score (nSPS) is 27.9. The molecule has 0 aromatic carbocycles. The van der Waals surface area contributed by atoms with E-state index in [-0.39, 0.29) is 11.6 Å². The van der Waals surface area contributed by atoms with Crippen LogP contribution in [0.2, 0.25) is 0 Å². The van der Waals surface area contributed by atoms with Gasteiger partial charge >= 0.3 is 0 Å². The van der Waals surface area contributed by atoms with Crippen LogP contribution in [-0.2, 0) is 0 Å². The third-order valence-corrected chi connectivity index (χ3v) is 4.04. The second kappa shape index (κ2) is 4.72. The highest BCUT2D eigenvalue weighted by atomic mass is 16.3. The smallest absolute Gasteiger partial charge is 0.269 e. The SMILES string of the molecule is O=c1cc(N2CCCC2)cnn1[C@H]1CCC[C@@H]1O. The summed E-state index contributed by atoms with van der Waals surface area (Å²) in [6.07, 6.45) is 6.29. The van der Waals surface area contributed by atoms with Crippen LogP contribution in [0.25, 0.3) is 0 Å². The van der Waals surface area contributed by atoms with Crippen LogP contribution < -0.4 is 10.5 Å². The molecule has 1 N–H and O–H groups in total. The van der Waals surface area contributed by atoms with Gasteiger partial charge in [0, 0.05) is 19.2 Å². The molecule has 5 heteroatoms. The molecule has 1 saturated carbocycles. The molecule has 1 aromatic rings. The zero-order valence-electron chi connectivity index (χ0n) is 10.5. The molecule has 0 amide bonds. The first kappa shape index (κ1) is 11.7. The monoisotopic (exact) mass is 249 g/mol. The van der Waals surface area contributed by atoms with Crippen molar-refractivity contribution in [2.24, 2.45) is 0 Å². The van der Waals surface area contributed by atoms with Crippen molar-refractivity contribution in [2.45, 2.75) is 44.2 Å². The van der Waals surface area contributed by atoms with Crippen molar-refractivity contribution in [1.82, 2.24) is 9.78 Å². The van der Waals surface area contributed by atoms with Gasteiger partial charge in [0.05, 0.1) is 24.0 Å². The Kier molecular flexibility index (Phi) is 3.07. The van der Waals surface area contributed by atoms with Crippen molar-refractivity contribution >= 4 is 5.69 Å². The molecule has 1 aliphatic heterocycles. The predicted molar refractivity (Wildman–Crippen MR) is 68.8 cm³/mol. The second-order valence-corrected chi connectivity index (χ2v) is 5.26. The summed E-state index contributed by atoms with van der Waals surface area (Å²) in [7, 11) is 0. The molecule has 18 heavy (non-hydrogen) atoms. The molecule has 1 aliphatic carbocycles. The van der Waals surface area contributed by atoms with Crippen molar-refractivity contribution in [1.29, 1.82) is 0 Å². The Hall–Kier alpha value is -1.36. The lowest BCUT2D eigenvalue weighted by molar-refractivity contribution is 0.127. The first-order valence-corrected chi connectivity index (χ1v) is 6.77. The Morgan fingerprint density at radius 3 is 2.61 bits per heavy atom. The van der Waals surface area contributed by atoms with E-state index in [9.17, 15) is 9.90 Å². The minimum atomic E-state index is -0.423. The summed E-state index contributed by atoms with van der Waals surface area (Å²) in [5.74, 6) is 0. The van der Waals surface area contributed by atoms with Crippen molar-refractivity contribution in [3.63, 3.8) is 0 Å². The highest BCUT2D eigenvalue weighted by Crippen LogP contribution is 2.28. The average molecular weight is 249 g/mol. The molecule has 0 unspecified atom stereocenters. The third-order valence-electron chi connectivity index (χ3n) is 4.04. The molecular weight excluding hydrogens is 230 g/mol. The fourth-order valence-corrected chi connectivity index (χ4v) is 3.01. The zero-order valence-corrected chi connectivity index (χ0v) is 10.5. The lowest BCUT2D eigenvalue weighted by Gasteiger charge is -2.20. The minimum Gasteiger partial charge on any atom is -0.391 e. The van der Waals surface area contributed by atoms with Crippen LogP contribution in [0.15, 0.2) is 17.1 Å². The van der Waals surface area contributed by atoms with Gasteiger partial charge in [-0.2, -0.15) is 5.10 Å². The van der Waals surface area contributed by atoms with Crippen LogP contribution in [0.5, 0.6) is 0 Å². The summed E-state index contributed by atoms with van der Waals surface area (Å²) in [5, 5.41) is 14.1. The van der Waals surface area contributed by atoms with E-state index in [0.29, 0.717) is 0 Å². The van der Waals surface area contributed by atoms with Gasteiger partial charge in [-0.25, -0.2) is 4.68 Å². The lowest BCUT2D eigenvalue weighted by atomic mass is 10.2. The van der Waals surface area contributed by atoms with Gasteiger partial charge in [-0.1, -0.05) is 0 Å². The average Bonchev–Trinajstić information content (AvgIpc) is 3.00. The van der Waals surface area contributed by atoms with E-state index in [1.165, 1.54) is 17.5 Å². The molecular formula is C13H19N3O2. The molecule has 98 valence electrons. The molecule has 5 nitrogen and oxygen atoms in total. The van der Waals surface area contributed by atoms with E-state index in [1.807, 2.05) is 0 Å². The molecule has 1 saturated heterocycles. The summed E-state index contributed by atoms with van der Waals surface area (Å²) in [5.41, 5.74) is 0.826. The fourth-order valence-electron chi connectivity index (χ4n) is 3.01. The van der Waals surface area contributed by atoms with Crippen LogP contribution in [0.1, 0.15) is 38.1 Å². The first-order valence-electron chi connectivity index (χ1n) is 6.77. The molecule has 2 fully saturated rings. The molecule has 0 spiro atoms. The van der Waals surface area contributed by atoms with E-state index >= 15 is 0 Å². The second-order valence-electron chi connectivity index (χ2n) is 5.26. The third kappa shape index (κ3) is 2.03. The molecule has 2 aliphatic rings. The Morgan fingerprint density at radius 1 is 1.22 bits per heavy atom. The number of hydrogen-bond acceptors (Lipinski definition) is 4. The van der Waals surface area contributed by atoms with Crippen molar-refractivity contribution in [3.8, 4) is 0 Å². The summed E-state index contributed by atoms with van der Waals surface area (Å²) in [4.78, 5) is 14.3. The molecule has 1 aromatic heterocycles. The molecule has 3 rings (SSSR count). The van der Waals surface area contributed by atoms with Crippen molar-refractivity contribution in [2.75, 3.05) is 18.0 Å². The lowest BCUT2D eigenvalue weighted by Crippen LogP contribution is -2.32. The maximum atomic E-state index is 12.1. The van der Waals surface area contributed by atoms with Gasteiger partial charge in [0.2, 0.25) is 0 Å². The summed E-state index contributed by atoms with van der Waals surface area (Å²) >= 11 is 0. The van der Waals surface area contributed by atoms with E-state index in [1.54, 1.807) is 12.3 Å². The fraction of sp³-hybridized carbons (Fsp3) is 0.692. The maximum absolute atomic E-state index is 12.1. The summed E-state index contributed by atoms with van der Waals surface area (Å²) < 4.78 is 1.46. The maximum Gasteiger partial charge on any atom is 0.269 e. The molecule has 2 atom stereocenters. The summed E-state index contributed by atoms with van der Waals surface area (Å²) in [6.45, 7) is 2.02.